The summed E-state index contributed by atoms with van der Waals surface area (Å²) in [5.74, 6) is -0.170. The summed E-state index contributed by atoms with van der Waals surface area (Å²) >= 11 is 0. The number of halogens is 1. The number of rotatable bonds is 7. The minimum absolute atomic E-state index is 0.170. The van der Waals surface area contributed by atoms with Gasteiger partial charge in [0.1, 0.15) is 5.82 Å². The van der Waals surface area contributed by atoms with Crippen molar-refractivity contribution in [1.29, 1.82) is 0 Å². The highest BCUT2D eigenvalue weighted by Gasteiger charge is 2.22. The van der Waals surface area contributed by atoms with Gasteiger partial charge >= 0.3 is 0 Å². The van der Waals surface area contributed by atoms with Crippen LogP contribution in [-0.4, -0.2) is 61.0 Å². The summed E-state index contributed by atoms with van der Waals surface area (Å²) < 4.78 is 19.6. The van der Waals surface area contributed by atoms with Crippen LogP contribution in [-0.2, 0) is 4.74 Å². The highest BCUT2D eigenvalue weighted by atomic mass is 19.1. The molecule has 1 unspecified atom stereocenters. The molecule has 1 aliphatic heterocycles. The van der Waals surface area contributed by atoms with E-state index in [1.807, 2.05) is 26.0 Å². The summed E-state index contributed by atoms with van der Waals surface area (Å²) in [6.07, 6.45) is 0.432. The minimum Gasteiger partial charge on any atom is -0.389 e. The van der Waals surface area contributed by atoms with Crippen LogP contribution in [0.25, 0.3) is 0 Å². The van der Waals surface area contributed by atoms with Gasteiger partial charge in [0.05, 0.1) is 24.0 Å². The third kappa shape index (κ3) is 5.44. The SMILES string of the molecule is CCC(C)(C)OCC(O)CN1CCN(c2ccccc2F)CC1. The Kier molecular flexibility index (Phi) is 6.39. The number of ether oxygens (including phenoxy) is 1. The van der Waals surface area contributed by atoms with Crippen LogP contribution in [0.3, 0.4) is 0 Å². The molecule has 1 heterocycles. The van der Waals surface area contributed by atoms with Gasteiger partial charge < -0.3 is 14.7 Å². The van der Waals surface area contributed by atoms with E-state index in [-0.39, 0.29) is 11.4 Å². The van der Waals surface area contributed by atoms with E-state index in [1.54, 1.807) is 6.07 Å². The first-order chi connectivity index (χ1) is 10.9. The average molecular weight is 324 g/mol. The van der Waals surface area contributed by atoms with Crippen LogP contribution in [0.15, 0.2) is 24.3 Å². The van der Waals surface area contributed by atoms with Gasteiger partial charge in [-0.3, -0.25) is 4.90 Å². The first-order valence-electron chi connectivity index (χ1n) is 8.45. The van der Waals surface area contributed by atoms with Gasteiger partial charge in [-0.2, -0.15) is 0 Å². The standard InChI is InChI=1S/C18H29FN2O2/c1-4-18(2,3)23-14-15(22)13-20-9-11-21(12-10-20)17-8-6-5-7-16(17)19/h5-8,15,22H,4,9-14H2,1-3H3. The lowest BCUT2D eigenvalue weighted by Gasteiger charge is -2.37. The van der Waals surface area contributed by atoms with Crippen molar-refractivity contribution in [3.05, 3.63) is 30.1 Å². The van der Waals surface area contributed by atoms with Gasteiger partial charge in [0.25, 0.3) is 0 Å². The Balaban J connectivity index is 1.75. The quantitative estimate of drug-likeness (QED) is 0.836. The zero-order valence-electron chi connectivity index (χ0n) is 14.5. The van der Waals surface area contributed by atoms with Crippen molar-refractivity contribution in [2.75, 3.05) is 44.2 Å². The van der Waals surface area contributed by atoms with Gasteiger partial charge in [-0.15, -0.1) is 0 Å². The van der Waals surface area contributed by atoms with Crippen LogP contribution < -0.4 is 4.90 Å². The molecule has 1 atom stereocenters. The summed E-state index contributed by atoms with van der Waals surface area (Å²) in [4.78, 5) is 4.28. The Morgan fingerprint density at radius 3 is 2.48 bits per heavy atom. The van der Waals surface area contributed by atoms with Crippen molar-refractivity contribution in [2.24, 2.45) is 0 Å². The van der Waals surface area contributed by atoms with Gasteiger partial charge in [-0.25, -0.2) is 4.39 Å². The largest absolute Gasteiger partial charge is 0.389 e. The summed E-state index contributed by atoms with van der Waals surface area (Å²) in [7, 11) is 0. The lowest BCUT2D eigenvalue weighted by Crippen LogP contribution is -2.49. The average Bonchev–Trinajstić information content (AvgIpc) is 2.54. The molecular formula is C18H29FN2O2. The third-order valence-corrected chi connectivity index (χ3v) is 4.55. The van der Waals surface area contributed by atoms with Crippen LogP contribution in [0.5, 0.6) is 0 Å². The second kappa shape index (κ2) is 8.08. The maximum atomic E-state index is 13.8. The van der Waals surface area contributed by atoms with Crippen molar-refractivity contribution in [2.45, 2.75) is 38.9 Å². The maximum Gasteiger partial charge on any atom is 0.146 e. The molecule has 1 fully saturated rings. The van der Waals surface area contributed by atoms with E-state index in [0.717, 1.165) is 32.6 Å². The number of aliphatic hydroxyl groups excluding tert-OH is 1. The molecule has 0 aliphatic carbocycles. The fourth-order valence-corrected chi connectivity index (χ4v) is 2.65. The molecule has 1 aromatic carbocycles. The Bertz CT molecular complexity index is 488. The number of para-hydroxylation sites is 1. The molecular weight excluding hydrogens is 295 g/mol. The number of hydrogen-bond acceptors (Lipinski definition) is 4. The molecule has 4 nitrogen and oxygen atoms in total. The number of anilines is 1. The Morgan fingerprint density at radius 1 is 1.22 bits per heavy atom. The van der Waals surface area contributed by atoms with E-state index in [4.69, 9.17) is 4.74 Å². The molecule has 1 N–H and O–H groups in total. The van der Waals surface area contributed by atoms with Gasteiger partial charge in [0, 0.05) is 32.7 Å². The summed E-state index contributed by atoms with van der Waals surface area (Å²) in [6.45, 7) is 10.3. The molecule has 2 rings (SSSR count). The Hall–Kier alpha value is -1.17. The topological polar surface area (TPSA) is 35.9 Å². The number of piperazine rings is 1. The molecule has 0 amide bonds. The molecule has 0 radical (unpaired) electrons. The third-order valence-electron chi connectivity index (χ3n) is 4.55. The van der Waals surface area contributed by atoms with Crippen LogP contribution >= 0.6 is 0 Å². The summed E-state index contributed by atoms with van der Waals surface area (Å²) in [5, 5.41) is 10.1. The molecule has 0 spiro atoms. The normalized spacial score (nSPS) is 18.2. The first kappa shape index (κ1) is 18.2. The second-order valence-electron chi connectivity index (χ2n) is 6.82. The molecule has 0 aromatic heterocycles. The van der Waals surface area contributed by atoms with Gasteiger partial charge in [-0.1, -0.05) is 19.1 Å². The Labute approximate surface area is 138 Å². The van der Waals surface area contributed by atoms with E-state index in [0.29, 0.717) is 18.8 Å². The van der Waals surface area contributed by atoms with Crippen molar-refractivity contribution in [3.8, 4) is 0 Å². The highest BCUT2D eigenvalue weighted by Crippen LogP contribution is 2.20. The van der Waals surface area contributed by atoms with Gasteiger partial charge in [0.2, 0.25) is 0 Å². The monoisotopic (exact) mass is 324 g/mol. The van der Waals surface area contributed by atoms with Crippen LogP contribution in [0.4, 0.5) is 10.1 Å². The summed E-state index contributed by atoms with van der Waals surface area (Å²) in [6, 6.07) is 6.89. The number of β-amino-alcohol motifs (C(OH)–C–C–N with tert-alkyl or cyclic N) is 1. The maximum absolute atomic E-state index is 13.8. The van der Waals surface area contributed by atoms with E-state index in [9.17, 15) is 9.50 Å². The smallest absolute Gasteiger partial charge is 0.146 e. The molecule has 0 bridgehead atoms. The number of nitrogens with zero attached hydrogens (tertiary/aromatic N) is 2. The molecule has 1 aromatic rings. The van der Waals surface area contributed by atoms with E-state index >= 15 is 0 Å². The summed E-state index contributed by atoms with van der Waals surface area (Å²) in [5.41, 5.74) is 0.477. The molecule has 130 valence electrons. The molecule has 1 saturated heterocycles. The predicted molar refractivity (Wildman–Crippen MR) is 91.4 cm³/mol. The molecule has 23 heavy (non-hydrogen) atoms. The zero-order chi connectivity index (χ0) is 16.9. The molecule has 1 aliphatic rings. The number of hydrogen-bond donors (Lipinski definition) is 1. The minimum atomic E-state index is -0.485. The van der Waals surface area contributed by atoms with Crippen molar-refractivity contribution < 1.29 is 14.2 Å². The lowest BCUT2D eigenvalue weighted by molar-refractivity contribution is -0.0674. The Morgan fingerprint density at radius 2 is 1.87 bits per heavy atom. The second-order valence-corrected chi connectivity index (χ2v) is 6.82. The van der Waals surface area contributed by atoms with Gasteiger partial charge in [0.15, 0.2) is 0 Å². The zero-order valence-corrected chi connectivity index (χ0v) is 14.5. The van der Waals surface area contributed by atoms with Gasteiger partial charge in [-0.05, 0) is 32.4 Å². The van der Waals surface area contributed by atoms with E-state index < -0.39 is 6.10 Å². The lowest BCUT2D eigenvalue weighted by atomic mass is 10.1. The first-order valence-corrected chi connectivity index (χ1v) is 8.45. The number of aliphatic hydroxyl groups is 1. The van der Waals surface area contributed by atoms with E-state index in [2.05, 4.69) is 16.7 Å². The predicted octanol–water partition coefficient (Wildman–Crippen LogP) is 2.51. The van der Waals surface area contributed by atoms with Crippen LogP contribution in [0.2, 0.25) is 0 Å². The van der Waals surface area contributed by atoms with E-state index in [1.165, 1.54) is 6.07 Å². The van der Waals surface area contributed by atoms with Crippen molar-refractivity contribution in [1.82, 2.24) is 4.90 Å². The highest BCUT2D eigenvalue weighted by molar-refractivity contribution is 5.47. The molecule has 0 saturated carbocycles. The fraction of sp³-hybridized carbons (Fsp3) is 0.667. The van der Waals surface area contributed by atoms with Crippen molar-refractivity contribution >= 4 is 5.69 Å². The van der Waals surface area contributed by atoms with Crippen LogP contribution in [0, 0.1) is 5.82 Å². The fourth-order valence-electron chi connectivity index (χ4n) is 2.65. The van der Waals surface area contributed by atoms with Crippen molar-refractivity contribution in [3.63, 3.8) is 0 Å². The number of benzene rings is 1. The van der Waals surface area contributed by atoms with Crippen LogP contribution in [0.1, 0.15) is 27.2 Å². The molecule has 5 heteroatoms.